The maximum Gasteiger partial charge on any atom is 0.260 e. The molecule has 1 aliphatic heterocycles. The molecule has 1 aromatic heterocycles. The van der Waals surface area contributed by atoms with Crippen molar-refractivity contribution in [2.75, 3.05) is 4.90 Å². The van der Waals surface area contributed by atoms with E-state index in [1.54, 1.807) is 4.90 Å². The van der Waals surface area contributed by atoms with Gasteiger partial charge in [-0.1, -0.05) is 53.5 Å². The third-order valence-electron chi connectivity index (χ3n) is 5.02. The fourth-order valence-electron chi connectivity index (χ4n) is 3.85. The number of carbonyl (C=O) groups is 1. The Labute approximate surface area is 185 Å². The zero-order chi connectivity index (χ0) is 21.3. The van der Waals surface area contributed by atoms with Crippen LogP contribution in [0.15, 0.2) is 53.1 Å². The molecule has 0 fully saturated rings. The van der Waals surface area contributed by atoms with Gasteiger partial charge in [0.15, 0.2) is 0 Å². The minimum atomic E-state index is -0.750. The van der Waals surface area contributed by atoms with E-state index in [1.165, 1.54) is 0 Å². The summed E-state index contributed by atoms with van der Waals surface area (Å²) in [5, 5.41) is 0.606. The van der Waals surface area contributed by atoms with Gasteiger partial charge in [0.2, 0.25) is 5.95 Å². The number of fused-ring (bicyclic) bond motifs is 1. The molecule has 3 aromatic rings. The zero-order valence-corrected chi connectivity index (χ0v) is 19.7. The van der Waals surface area contributed by atoms with Gasteiger partial charge in [0.05, 0.1) is 11.9 Å². The first kappa shape index (κ1) is 21.6. The third-order valence-corrected chi connectivity index (χ3v) is 5.77. The summed E-state index contributed by atoms with van der Waals surface area (Å²) in [5.41, 5.74) is 3.05. The molecule has 6 heteroatoms. The van der Waals surface area contributed by atoms with Crippen LogP contribution >= 0.6 is 27.5 Å². The lowest BCUT2D eigenvalue weighted by Crippen LogP contribution is -2.41. The number of carbonyl (C=O) groups excluding carboxylic acids is 1. The van der Waals surface area contributed by atoms with Crippen LogP contribution < -0.4 is 4.90 Å². The van der Waals surface area contributed by atoms with E-state index in [1.807, 2.05) is 87.8 Å². The molecule has 2 heterocycles. The summed E-state index contributed by atoms with van der Waals surface area (Å²) in [7, 11) is 0. The largest absolute Gasteiger partial charge is 0.299 e. The third kappa shape index (κ3) is 3.86. The number of nitrogens with zero attached hydrogens (tertiary/aromatic N) is 3. The van der Waals surface area contributed by atoms with E-state index in [-0.39, 0.29) is 5.91 Å². The zero-order valence-electron chi connectivity index (χ0n) is 17.3. The molecule has 152 valence electrons. The van der Waals surface area contributed by atoms with Crippen LogP contribution in [0.2, 0.25) is 5.02 Å². The van der Waals surface area contributed by atoms with Gasteiger partial charge in [0.25, 0.3) is 5.91 Å². The van der Waals surface area contributed by atoms with Gasteiger partial charge in [0, 0.05) is 21.6 Å². The predicted octanol–water partition coefficient (Wildman–Crippen LogP) is 6.58. The van der Waals surface area contributed by atoms with Gasteiger partial charge in [-0.3, -0.25) is 9.36 Å². The van der Waals surface area contributed by atoms with Crippen molar-refractivity contribution in [1.82, 2.24) is 9.55 Å². The predicted molar refractivity (Wildman–Crippen MR) is 123 cm³/mol. The highest BCUT2D eigenvalue weighted by atomic mass is 79.9. The van der Waals surface area contributed by atoms with Gasteiger partial charge in [-0.05, 0) is 62.2 Å². The van der Waals surface area contributed by atoms with Crippen molar-refractivity contribution in [1.29, 1.82) is 0 Å². The molecule has 0 N–H and O–H groups in total. The van der Waals surface area contributed by atoms with Crippen LogP contribution in [0, 0.1) is 13.8 Å². The first-order valence-electron chi connectivity index (χ1n) is 9.70. The quantitative estimate of drug-likeness (QED) is 0.430. The van der Waals surface area contributed by atoms with Crippen molar-refractivity contribution >= 4 is 45.1 Å². The van der Waals surface area contributed by atoms with Gasteiger partial charge >= 0.3 is 0 Å². The van der Waals surface area contributed by atoms with E-state index in [4.69, 9.17) is 11.6 Å². The molecule has 0 saturated carbocycles. The Bertz CT molecular complexity index is 1020. The Balaban J connectivity index is 0.00000117. The van der Waals surface area contributed by atoms with Gasteiger partial charge in [-0.2, -0.15) is 0 Å². The van der Waals surface area contributed by atoms with Crippen molar-refractivity contribution in [3.63, 3.8) is 0 Å². The Morgan fingerprint density at radius 3 is 2.38 bits per heavy atom. The number of imidazole rings is 1. The molecule has 1 atom stereocenters. The molecule has 0 unspecified atom stereocenters. The molecular weight excluding hydrogens is 450 g/mol. The molecule has 4 rings (SSSR count). The second kappa shape index (κ2) is 8.33. The molecule has 2 aromatic carbocycles. The van der Waals surface area contributed by atoms with E-state index >= 15 is 0 Å². The topological polar surface area (TPSA) is 38.1 Å². The monoisotopic (exact) mass is 473 g/mol. The number of halogens is 2. The normalized spacial score (nSPS) is 17.8. The summed E-state index contributed by atoms with van der Waals surface area (Å²) in [6.45, 7) is 9.93. The maximum absolute atomic E-state index is 13.6. The molecule has 0 spiro atoms. The molecular formula is C23H25BrClN3O. The summed E-state index contributed by atoms with van der Waals surface area (Å²) in [6, 6.07) is 13.7. The summed E-state index contributed by atoms with van der Waals surface area (Å²) in [6.07, 6.45) is 2.39. The van der Waals surface area contributed by atoms with Crippen LogP contribution in [0.4, 0.5) is 11.6 Å². The average Bonchev–Trinajstić information content (AvgIpc) is 3.15. The van der Waals surface area contributed by atoms with Crippen LogP contribution in [0.3, 0.4) is 0 Å². The highest BCUT2D eigenvalue weighted by Gasteiger charge is 2.49. The second-order valence-corrected chi connectivity index (χ2v) is 8.59. The molecule has 4 nitrogen and oxygen atoms in total. The lowest BCUT2D eigenvalue weighted by Gasteiger charge is -2.26. The van der Waals surface area contributed by atoms with E-state index in [0.29, 0.717) is 17.4 Å². The molecule has 1 aliphatic rings. The average molecular weight is 475 g/mol. The Kier molecular flexibility index (Phi) is 6.20. The standard InChI is InChI=1S/C21H19BrClN3O.C2H6/c1-13-8-17(23)10-18(9-13)25-19(27)21(3,26-14(2)12-24-20(25)26)11-15-4-6-16(22)7-5-15;1-2/h4-10,12H,11H2,1-3H3;1-2H3/t21-;/m1./s1. The van der Waals surface area contributed by atoms with Crippen molar-refractivity contribution in [2.45, 2.75) is 46.6 Å². The molecule has 1 amide bonds. The van der Waals surface area contributed by atoms with Gasteiger partial charge in [-0.25, -0.2) is 9.88 Å². The number of aryl methyl sites for hydroxylation is 2. The molecule has 0 radical (unpaired) electrons. The van der Waals surface area contributed by atoms with Crippen LogP contribution in [-0.4, -0.2) is 15.5 Å². The summed E-state index contributed by atoms with van der Waals surface area (Å²) in [4.78, 5) is 19.8. The number of hydrogen-bond acceptors (Lipinski definition) is 2. The van der Waals surface area contributed by atoms with E-state index in [9.17, 15) is 4.79 Å². The van der Waals surface area contributed by atoms with Crippen molar-refractivity contribution < 1.29 is 4.79 Å². The van der Waals surface area contributed by atoms with Crippen LogP contribution in [0.25, 0.3) is 0 Å². The summed E-state index contributed by atoms with van der Waals surface area (Å²) >= 11 is 9.72. The Morgan fingerprint density at radius 1 is 1.10 bits per heavy atom. The molecule has 29 heavy (non-hydrogen) atoms. The summed E-state index contributed by atoms with van der Waals surface area (Å²) < 4.78 is 3.05. The Hall–Kier alpha value is -2.11. The smallest absolute Gasteiger partial charge is 0.260 e. The lowest BCUT2D eigenvalue weighted by molar-refractivity contribution is -0.123. The number of rotatable bonds is 3. The van der Waals surface area contributed by atoms with Gasteiger partial charge < -0.3 is 0 Å². The lowest BCUT2D eigenvalue weighted by atomic mass is 9.91. The molecule has 0 aliphatic carbocycles. The highest BCUT2D eigenvalue weighted by molar-refractivity contribution is 9.10. The Morgan fingerprint density at radius 2 is 1.76 bits per heavy atom. The molecule has 0 saturated heterocycles. The van der Waals surface area contributed by atoms with Crippen LogP contribution in [0.5, 0.6) is 0 Å². The minimum Gasteiger partial charge on any atom is -0.299 e. The molecule has 0 bridgehead atoms. The van der Waals surface area contributed by atoms with Gasteiger partial charge in [-0.15, -0.1) is 0 Å². The van der Waals surface area contributed by atoms with E-state index in [2.05, 4.69) is 20.9 Å². The fraction of sp³-hybridized carbons (Fsp3) is 0.304. The van der Waals surface area contributed by atoms with Gasteiger partial charge in [0.1, 0.15) is 5.54 Å². The maximum atomic E-state index is 13.6. The van der Waals surface area contributed by atoms with Crippen molar-refractivity contribution in [3.05, 3.63) is 75.0 Å². The number of benzene rings is 2. The van der Waals surface area contributed by atoms with Crippen LogP contribution in [0.1, 0.15) is 37.6 Å². The van der Waals surface area contributed by atoms with E-state index < -0.39 is 5.54 Å². The van der Waals surface area contributed by atoms with Crippen LogP contribution in [-0.2, 0) is 16.8 Å². The highest BCUT2D eigenvalue weighted by Crippen LogP contribution is 2.42. The van der Waals surface area contributed by atoms with Crippen molar-refractivity contribution in [2.24, 2.45) is 0 Å². The fourth-order valence-corrected chi connectivity index (χ4v) is 4.40. The minimum absolute atomic E-state index is 0.00159. The van der Waals surface area contributed by atoms with Crippen molar-refractivity contribution in [3.8, 4) is 0 Å². The number of hydrogen-bond donors (Lipinski definition) is 0. The number of anilines is 2. The number of aromatic nitrogens is 2. The SMILES string of the molecule is CC.Cc1cc(Cl)cc(N2C(=O)[C@@](C)(Cc3ccc(Br)cc3)n3c(C)cnc32)c1. The first-order chi connectivity index (χ1) is 13.8. The summed E-state index contributed by atoms with van der Waals surface area (Å²) in [5.74, 6) is 0.636. The first-order valence-corrected chi connectivity index (χ1v) is 10.9. The second-order valence-electron chi connectivity index (χ2n) is 7.24. The number of amides is 1. The van der Waals surface area contributed by atoms with E-state index in [0.717, 1.165) is 27.0 Å².